The molecule has 1 aliphatic rings. The largest absolute Gasteiger partial charge is 0.357 e. The lowest BCUT2D eigenvalue weighted by Gasteiger charge is -2.22. The first-order valence-corrected chi connectivity index (χ1v) is 10.5. The first-order valence-electron chi connectivity index (χ1n) is 9.19. The average molecular weight is 368 g/mol. The van der Waals surface area contributed by atoms with Crippen molar-refractivity contribution in [1.82, 2.24) is 20.0 Å². The molecule has 6 nitrogen and oxygen atoms in total. The van der Waals surface area contributed by atoms with Crippen LogP contribution in [0.25, 0.3) is 0 Å². The lowest BCUT2D eigenvalue weighted by atomic mass is 10.0. The number of nitrogens with one attached hydrogen (secondary N) is 1. The number of hydrogen-bond donors (Lipinski definition) is 1. The van der Waals surface area contributed by atoms with Crippen molar-refractivity contribution in [2.45, 2.75) is 45.3 Å². The Morgan fingerprint density at radius 2 is 2.24 bits per heavy atom. The Morgan fingerprint density at radius 3 is 2.84 bits per heavy atom. The quantitative estimate of drug-likeness (QED) is 0.615. The minimum atomic E-state index is -0.853. The summed E-state index contributed by atoms with van der Waals surface area (Å²) in [6.45, 7) is 11.6. The van der Waals surface area contributed by atoms with Crippen molar-refractivity contribution in [2.24, 2.45) is 18.0 Å². The van der Waals surface area contributed by atoms with E-state index in [2.05, 4.69) is 28.4 Å². The number of aromatic nitrogens is 2. The van der Waals surface area contributed by atoms with Crippen LogP contribution < -0.4 is 5.32 Å². The molecule has 1 N–H and O–H groups in total. The molecule has 1 saturated heterocycles. The van der Waals surface area contributed by atoms with E-state index >= 15 is 0 Å². The fourth-order valence-electron chi connectivity index (χ4n) is 3.07. The van der Waals surface area contributed by atoms with Crippen molar-refractivity contribution in [3.8, 4) is 0 Å². The van der Waals surface area contributed by atoms with Gasteiger partial charge in [0.05, 0.1) is 12.7 Å². The molecule has 0 aliphatic carbocycles. The predicted octanol–water partition coefficient (Wildman–Crippen LogP) is 1.80. The van der Waals surface area contributed by atoms with Gasteiger partial charge >= 0.3 is 0 Å². The van der Waals surface area contributed by atoms with Gasteiger partial charge in [-0.05, 0) is 52.0 Å². The van der Waals surface area contributed by atoms with E-state index in [1.807, 2.05) is 38.7 Å². The summed E-state index contributed by atoms with van der Waals surface area (Å²) in [6, 6.07) is 0. The molecule has 2 rings (SSSR count). The topological polar surface area (TPSA) is 62.5 Å². The van der Waals surface area contributed by atoms with Gasteiger partial charge in [0.1, 0.15) is 0 Å². The maximum absolute atomic E-state index is 12.2. The van der Waals surface area contributed by atoms with Crippen LogP contribution >= 0.6 is 0 Å². The fourth-order valence-corrected chi connectivity index (χ4v) is 3.94. The molecule has 0 radical (unpaired) electrons. The summed E-state index contributed by atoms with van der Waals surface area (Å²) >= 11 is 0. The van der Waals surface area contributed by atoms with E-state index in [0.717, 1.165) is 32.0 Å². The van der Waals surface area contributed by atoms with E-state index in [4.69, 9.17) is 4.99 Å². The van der Waals surface area contributed by atoms with E-state index < -0.39 is 10.8 Å². The van der Waals surface area contributed by atoms with Crippen LogP contribution in [0.1, 0.15) is 39.7 Å². The summed E-state index contributed by atoms with van der Waals surface area (Å²) in [5.41, 5.74) is 1.30. The van der Waals surface area contributed by atoms with Gasteiger partial charge in [-0.1, -0.05) is 0 Å². The van der Waals surface area contributed by atoms with Crippen LogP contribution in [0.15, 0.2) is 17.4 Å². The second-order valence-electron chi connectivity index (χ2n) is 7.72. The molecule has 1 aromatic heterocycles. The Labute approximate surface area is 154 Å². The smallest absolute Gasteiger partial charge is 0.193 e. The molecule has 142 valence electrons. The number of aliphatic imine (C=N–C) groups is 1. The minimum Gasteiger partial charge on any atom is -0.357 e. The number of rotatable bonds is 6. The third-order valence-corrected chi connectivity index (χ3v) is 6.34. The molecule has 0 spiro atoms. The van der Waals surface area contributed by atoms with Crippen molar-refractivity contribution in [1.29, 1.82) is 0 Å². The molecule has 1 aliphatic heterocycles. The van der Waals surface area contributed by atoms with Crippen LogP contribution in [-0.4, -0.2) is 61.5 Å². The van der Waals surface area contributed by atoms with Crippen LogP contribution in [0.2, 0.25) is 0 Å². The Hall–Kier alpha value is -1.37. The predicted molar refractivity (Wildman–Crippen MR) is 105 cm³/mol. The van der Waals surface area contributed by atoms with E-state index in [1.165, 1.54) is 12.0 Å². The van der Waals surface area contributed by atoms with Gasteiger partial charge in [-0.3, -0.25) is 13.9 Å². The molecule has 0 bridgehead atoms. The fraction of sp³-hybridized carbons (Fsp3) is 0.778. The Kier molecular flexibility index (Phi) is 7.04. The molecular formula is C18H33N5OS. The molecule has 2 unspecified atom stereocenters. The molecule has 25 heavy (non-hydrogen) atoms. The molecule has 1 fully saturated rings. The number of aryl methyl sites for hydroxylation is 1. The van der Waals surface area contributed by atoms with Crippen molar-refractivity contribution in [3.05, 3.63) is 18.0 Å². The van der Waals surface area contributed by atoms with Crippen molar-refractivity contribution >= 4 is 16.8 Å². The van der Waals surface area contributed by atoms with Gasteiger partial charge in [-0.25, -0.2) is 0 Å². The number of hydrogen-bond acceptors (Lipinski definition) is 3. The zero-order chi connectivity index (χ0) is 18.4. The summed E-state index contributed by atoms with van der Waals surface area (Å²) in [4.78, 5) is 7.05. The zero-order valence-electron chi connectivity index (χ0n) is 16.3. The third kappa shape index (κ3) is 6.13. The normalized spacial score (nSPS) is 20.1. The van der Waals surface area contributed by atoms with Crippen molar-refractivity contribution in [3.63, 3.8) is 0 Å². The molecule has 2 atom stereocenters. The van der Waals surface area contributed by atoms with E-state index in [0.29, 0.717) is 18.2 Å². The lowest BCUT2D eigenvalue weighted by Crippen LogP contribution is -2.40. The summed E-state index contributed by atoms with van der Waals surface area (Å²) in [7, 11) is 1.11. The van der Waals surface area contributed by atoms with E-state index in [1.54, 1.807) is 0 Å². The van der Waals surface area contributed by atoms with Crippen molar-refractivity contribution in [2.75, 3.05) is 31.9 Å². The first-order chi connectivity index (χ1) is 11.8. The highest BCUT2D eigenvalue weighted by atomic mass is 32.2. The summed E-state index contributed by atoms with van der Waals surface area (Å²) in [6.07, 6.45) is 6.30. The molecule has 1 aromatic rings. The maximum Gasteiger partial charge on any atom is 0.193 e. The summed E-state index contributed by atoms with van der Waals surface area (Å²) < 4.78 is 13.9. The van der Waals surface area contributed by atoms with Gasteiger partial charge in [0, 0.05) is 54.2 Å². The van der Waals surface area contributed by atoms with Crippen LogP contribution in [0, 0.1) is 5.92 Å². The molecular weight excluding hydrogens is 334 g/mol. The lowest BCUT2D eigenvalue weighted by molar-refractivity contribution is 0.460. The second-order valence-corrected chi connectivity index (χ2v) is 10.0. The van der Waals surface area contributed by atoms with Gasteiger partial charge in [0.2, 0.25) is 0 Å². The summed E-state index contributed by atoms with van der Waals surface area (Å²) in [5, 5.41) is 7.64. The van der Waals surface area contributed by atoms with Gasteiger partial charge in [0.15, 0.2) is 5.96 Å². The van der Waals surface area contributed by atoms with Crippen molar-refractivity contribution < 1.29 is 4.21 Å². The van der Waals surface area contributed by atoms with Gasteiger partial charge in [-0.2, -0.15) is 5.10 Å². The number of guanidine groups is 1. The molecule has 0 saturated carbocycles. The molecule has 2 heterocycles. The van der Waals surface area contributed by atoms with Gasteiger partial charge in [0.25, 0.3) is 0 Å². The number of nitrogens with zero attached hydrogens (tertiary/aromatic N) is 4. The first kappa shape index (κ1) is 19.9. The zero-order valence-corrected chi connectivity index (χ0v) is 17.1. The van der Waals surface area contributed by atoms with Crippen LogP contribution in [-0.2, 0) is 24.3 Å². The Bertz CT molecular complexity index is 605. The molecule has 0 aromatic carbocycles. The average Bonchev–Trinajstić information content (AvgIpc) is 3.15. The Balaban J connectivity index is 1.89. The molecule has 7 heteroatoms. The highest BCUT2D eigenvalue weighted by molar-refractivity contribution is 7.86. The van der Waals surface area contributed by atoms with E-state index in [-0.39, 0.29) is 4.75 Å². The third-order valence-electron chi connectivity index (χ3n) is 4.42. The van der Waals surface area contributed by atoms with Crippen LogP contribution in [0.3, 0.4) is 0 Å². The SMILES string of the molecule is CCNC(=NCCS(=O)C(C)(C)C)N1CCC(Cc2cnn(C)c2)C1. The Morgan fingerprint density at radius 1 is 1.48 bits per heavy atom. The maximum atomic E-state index is 12.2. The standard InChI is InChI=1S/C18H33N5OS/c1-6-19-17(20-8-10-25(24)18(2,3)4)23-9-7-15(14-23)11-16-12-21-22(5)13-16/h12-13,15H,6-11,14H2,1-5H3,(H,19,20). The highest BCUT2D eigenvalue weighted by Crippen LogP contribution is 2.20. The highest BCUT2D eigenvalue weighted by Gasteiger charge is 2.25. The minimum absolute atomic E-state index is 0.170. The summed E-state index contributed by atoms with van der Waals surface area (Å²) in [5.74, 6) is 2.21. The van der Waals surface area contributed by atoms with Crippen LogP contribution in [0.4, 0.5) is 0 Å². The van der Waals surface area contributed by atoms with E-state index in [9.17, 15) is 4.21 Å². The molecule has 0 amide bonds. The van der Waals surface area contributed by atoms with Crippen LogP contribution in [0.5, 0.6) is 0 Å². The monoisotopic (exact) mass is 367 g/mol. The number of likely N-dealkylation sites (tertiary alicyclic amines) is 1. The van der Waals surface area contributed by atoms with Gasteiger partial charge < -0.3 is 10.2 Å². The second kappa shape index (κ2) is 8.83. The van der Waals surface area contributed by atoms with Gasteiger partial charge in [-0.15, -0.1) is 0 Å².